The van der Waals surface area contributed by atoms with Crippen LogP contribution >= 0.6 is 15.9 Å². The highest BCUT2D eigenvalue weighted by Gasteiger charge is 2.11. The molecule has 0 aliphatic carbocycles. The van der Waals surface area contributed by atoms with Gasteiger partial charge in [-0.2, -0.15) is 0 Å². The van der Waals surface area contributed by atoms with E-state index >= 15 is 0 Å². The predicted octanol–water partition coefficient (Wildman–Crippen LogP) is 4.15. The number of halogens is 1. The fourth-order valence-corrected chi connectivity index (χ4v) is 2.73. The van der Waals surface area contributed by atoms with Crippen LogP contribution in [0.5, 0.6) is 11.5 Å². The minimum atomic E-state index is -0.374. The number of allylic oxidation sites excluding steroid dienone is 1. The van der Waals surface area contributed by atoms with Crippen molar-refractivity contribution in [1.29, 1.82) is 0 Å². The molecule has 26 heavy (non-hydrogen) atoms. The zero-order valence-electron chi connectivity index (χ0n) is 14.8. The second kappa shape index (κ2) is 9.20. The zero-order chi connectivity index (χ0) is 19.1. The van der Waals surface area contributed by atoms with Crippen LogP contribution in [-0.2, 0) is 0 Å². The Balaban J connectivity index is 2.37. The summed E-state index contributed by atoms with van der Waals surface area (Å²) < 4.78 is 11.1. The van der Waals surface area contributed by atoms with Crippen LogP contribution in [0.3, 0.4) is 0 Å². The highest BCUT2D eigenvalue weighted by Crippen LogP contribution is 2.28. The average Bonchev–Trinajstić information content (AvgIpc) is 2.79. The topological polar surface area (TPSA) is 64.6 Å². The lowest BCUT2D eigenvalue weighted by Crippen LogP contribution is -2.15. The van der Waals surface area contributed by atoms with Gasteiger partial charge in [-0.25, -0.2) is 0 Å². The van der Waals surface area contributed by atoms with Crippen LogP contribution < -0.4 is 20.2 Å². The van der Waals surface area contributed by atoms with Crippen molar-refractivity contribution in [2.24, 2.45) is 0 Å². The molecule has 0 saturated carbocycles. The first-order valence-electron chi connectivity index (χ1n) is 8.02. The van der Waals surface area contributed by atoms with Crippen LogP contribution in [0, 0.1) is 0 Å². The van der Waals surface area contributed by atoms with Crippen LogP contribution in [0.25, 0.3) is 6.08 Å². The number of anilines is 1. The summed E-state index contributed by atoms with van der Waals surface area (Å²) >= 11 is 3.34. The second-order valence-corrected chi connectivity index (χ2v) is 6.28. The van der Waals surface area contributed by atoms with Crippen molar-refractivity contribution in [1.82, 2.24) is 0 Å². The molecule has 0 spiro atoms. The number of carbonyl (C=O) groups is 1. The van der Waals surface area contributed by atoms with E-state index in [1.807, 2.05) is 6.92 Å². The Hall–Kier alpha value is -2.60. The number of nitrogens with one attached hydrogen (secondary N) is 1. The van der Waals surface area contributed by atoms with Crippen LogP contribution in [0.2, 0.25) is 0 Å². The number of rotatable bonds is 7. The monoisotopic (exact) mass is 417 g/mol. The standard InChI is InChI=1S/C20H20BrNO4/c1-4-22-16-8-7-14(21)12-15(20(16)24)17(23)9-5-13-6-10-18(25-2)19(11-13)26-3/h5-12H,4H2,1-3H3,(H,22,24)/b9-5+. The normalized spacial score (nSPS) is 10.6. The maximum atomic E-state index is 12.6. The van der Waals surface area contributed by atoms with Crippen molar-refractivity contribution >= 4 is 33.5 Å². The Bertz CT molecular complexity index is 893. The van der Waals surface area contributed by atoms with Crippen molar-refractivity contribution in [3.05, 3.63) is 68.3 Å². The van der Waals surface area contributed by atoms with Crippen molar-refractivity contribution in [3.63, 3.8) is 0 Å². The van der Waals surface area contributed by atoms with Gasteiger partial charge in [0.25, 0.3) is 0 Å². The fraction of sp³-hybridized carbons (Fsp3) is 0.200. The maximum Gasteiger partial charge on any atom is 0.212 e. The largest absolute Gasteiger partial charge is 0.493 e. The average molecular weight is 418 g/mol. The minimum absolute atomic E-state index is 0.0922. The molecule has 6 heteroatoms. The summed E-state index contributed by atoms with van der Waals surface area (Å²) in [5, 5.41) is 2.98. The van der Waals surface area contributed by atoms with Crippen molar-refractivity contribution in [2.75, 3.05) is 26.1 Å². The molecule has 0 bridgehead atoms. The van der Waals surface area contributed by atoms with E-state index in [1.165, 1.54) is 12.1 Å². The molecular formula is C20H20BrNO4. The van der Waals surface area contributed by atoms with Gasteiger partial charge >= 0.3 is 0 Å². The number of ketones is 1. The number of carbonyl (C=O) groups excluding carboxylic acids is 1. The maximum absolute atomic E-state index is 12.6. The smallest absolute Gasteiger partial charge is 0.212 e. The summed E-state index contributed by atoms with van der Waals surface area (Å²) in [6.07, 6.45) is 3.01. The van der Waals surface area contributed by atoms with E-state index in [4.69, 9.17) is 9.47 Å². The first kappa shape index (κ1) is 19.7. The van der Waals surface area contributed by atoms with Crippen molar-refractivity contribution in [3.8, 4) is 11.5 Å². The van der Waals surface area contributed by atoms with Gasteiger partial charge in [-0.05, 0) is 48.9 Å². The van der Waals surface area contributed by atoms with E-state index in [0.29, 0.717) is 28.2 Å². The number of ether oxygens (including phenoxy) is 2. The van der Waals surface area contributed by atoms with E-state index in [-0.39, 0.29) is 16.8 Å². The summed E-state index contributed by atoms with van der Waals surface area (Å²) in [5.74, 6) is 0.794. The Morgan fingerprint density at radius 2 is 1.85 bits per heavy atom. The highest BCUT2D eigenvalue weighted by atomic mass is 79.9. The van der Waals surface area contributed by atoms with Gasteiger partial charge in [0.2, 0.25) is 5.43 Å². The van der Waals surface area contributed by atoms with E-state index in [9.17, 15) is 9.59 Å². The van der Waals surface area contributed by atoms with Gasteiger partial charge in [-0.1, -0.05) is 28.1 Å². The van der Waals surface area contributed by atoms with Crippen molar-refractivity contribution in [2.45, 2.75) is 6.92 Å². The lowest BCUT2D eigenvalue weighted by Gasteiger charge is -2.07. The molecule has 0 fully saturated rings. The molecule has 0 radical (unpaired) electrons. The molecule has 0 unspecified atom stereocenters. The van der Waals surface area contributed by atoms with Gasteiger partial charge in [-0.3, -0.25) is 9.59 Å². The third kappa shape index (κ3) is 4.73. The molecule has 2 aromatic carbocycles. The third-order valence-corrected chi connectivity index (χ3v) is 4.14. The third-order valence-electron chi connectivity index (χ3n) is 3.65. The Morgan fingerprint density at radius 3 is 2.50 bits per heavy atom. The van der Waals surface area contributed by atoms with Gasteiger partial charge in [0.05, 0.1) is 25.5 Å². The molecule has 0 aromatic heterocycles. The SMILES string of the molecule is CCNc1ccc(Br)cc(C(=O)/C=C/c2ccc(OC)c(OC)c2)c1=O. The molecular weight excluding hydrogens is 398 g/mol. The summed E-state index contributed by atoms with van der Waals surface area (Å²) in [6.45, 7) is 2.48. The number of methoxy groups -OCH3 is 2. The molecule has 1 N–H and O–H groups in total. The lowest BCUT2D eigenvalue weighted by molar-refractivity contribution is 0.104. The second-order valence-electron chi connectivity index (χ2n) is 5.36. The van der Waals surface area contributed by atoms with Crippen LogP contribution in [0.4, 0.5) is 5.69 Å². The fourth-order valence-electron chi connectivity index (χ4n) is 2.37. The molecule has 0 aliphatic rings. The molecule has 0 aliphatic heterocycles. The van der Waals surface area contributed by atoms with Gasteiger partial charge in [0, 0.05) is 11.0 Å². The summed E-state index contributed by atoms with van der Waals surface area (Å²) in [5.41, 5.74) is 0.907. The van der Waals surface area contributed by atoms with Crippen LogP contribution in [0.1, 0.15) is 22.8 Å². The van der Waals surface area contributed by atoms with Gasteiger partial charge in [0.15, 0.2) is 17.3 Å². The first-order valence-corrected chi connectivity index (χ1v) is 8.81. The lowest BCUT2D eigenvalue weighted by atomic mass is 10.1. The molecule has 0 atom stereocenters. The van der Waals surface area contributed by atoms with Crippen LogP contribution in [-0.4, -0.2) is 26.5 Å². The highest BCUT2D eigenvalue weighted by molar-refractivity contribution is 9.10. The summed E-state index contributed by atoms with van der Waals surface area (Å²) in [4.78, 5) is 25.1. The minimum Gasteiger partial charge on any atom is -0.493 e. The molecule has 5 nitrogen and oxygen atoms in total. The Morgan fingerprint density at radius 1 is 1.12 bits per heavy atom. The predicted molar refractivity (Wildman–Crippen MR) is 107 cm³/mol. The molecule has 0 heterocycles. The molecule has 0 saturated heterocycles. The first-order chi connectivity index (χ1) is 12.5. The molecule has 2 aromatic rings. The van der Waals surface area contributed by atoms with Gasteiger partial charge < -0.3 is 14.8 Å². The summed E-state index contributed by atoms with van der Waals surface area (Å²) in [7, 11) is 3.10. The number of hydrogen-bond donors (Lipinski definition) is 1. The number of benzene rings is 1. The Labute approximate surface area is 160 Å². The quantitative estimate of drug-likeness (QED) is 0.541. The molecule has 136 valence electrons. The van der Waals surface area contributed by atoms with E-state index < -0.39 is 0 Å². The van der Waals surface area contributed by atoms with E-state index in [1.54, 1.807) is 50.6 Å². The number of hydrogen-bond acceptors (Lipinski definition) is 5. The van der Waals surface area contributed by atoms with E-state index in [0.717, 1.165) is 5.56 Å². The molecule has 2 rings (SSSR count). The summed E-state index contributed by atoms with van der Waals surface area (Å²) in [6, 6.07) is 10.2. The van der Waals surface area contributed by atoms with Gasteiger partial charge in [0.1, 0.15) is 0 Å². The van der Waals surface area contributed by atoms with Crippen molar-refractivity contribution < 1.29 is 14.3 Å². The zero-order valence-corrected chi connectivity index (χ0v) is 16.4. The van der Waals surface area contributed by atoms with Crippen LogP contribution in [0.15, 0.2) is 51.7 Å². The molecule has 0 amide bonds. The van der Waals surface area contributed by atoms with E-state index in [2.05, 4.69) is 21.2 Å². The van der Waals surface area contributed by atoms with Gasteiger partial charge in [-0.15, -0.1) is 0 Å². The Kier molecular flexibility index (Phi) is 6.97.